The van der Waals surface area contributed by atoms with Crippen molar-refractivity contribution in [1.82, 2.24) is 31.9 Å². The van der Waals surface area contributed by atoms with Gasteiger partial charge in [0.15, 0.2) is 0 Å². The summed E-state index contributed by atoms with van der Waals surface area (Å²) >= 11 is 0. The molecule has 0 aromatic heterocycles. The molecule has 1 aromatic rings. The van der Waals surface area contributed by atoms with Gasteiger partial charge in [0.05, 0.1) is 12.3 Å². The minimum atomic E-state index is -1.15. The third-order valence-electron chi connectivity index (χ3n) is 5.27. The number of hydrogen-bond acceptors (Lipinski definition) is 9. The lowest BCUT2D eigenvalue weighted by molar-refractivity contribution is -0.141. The van der Waals surface area contributed by atoms with Crippen LogP contribution in [0.1, 0.15) is 24.8 Å². The Labute approximate surface area is 199 Å². The van der Waals surface area contributed by atoms with Crippen molar-refractivity contribution in [2.75, 3.05) is 39.3 Å². The maximum atomic E-state index is 12.3. The molecule has 10 N–H and O–H groups in total. The number of amides is 2. The Morgan fingerprint density at radius 1 is 0.971 bits per heavy atom. The Bertz CT molecular complexity index is 777. The predicted octanol–water partition coefficient (Wildman–Crippen LogP) is -2.23. The van der Waals surface area contributed by atoms with Gasteiger partial charge in [0.1, 0.15) is 11.8 Å². The van der Waals surface area contributed by atoms with E-state index < -0.39 is 17.9 Å². The highest BCUT2D eigenvalue weighted by molar-refractivity contribution is 5.84. The van der Waals surface area contributed by atoms with Crippen LogP contribution >= 0.6 is 0 Å². The lowest BCUT2D eigenvalue weighted by Crippen LogP contribution is -2.55. The van der Waals surface area contributed by atoms with Crippen LogP contribution in [0, 0.1) is 0 Å². The lowest BCUT2D eigenvalue weighted by atomic mass is 10.1. The summed E-state index contributed by atoms with van der Waals surface area (Å²) in [7, 11) is 0. The lowest BCUT2D eigenvalue weighted by Gasteiger charge is -2.23. The number of nitrogens with one attached hydrogen (secondary N) is 6. The molecule has 1 heterocycles. The average molecular weight is 480 g/mol. The quantitative estimate of drug-likeness (QED) is 0.187. The average Bonchev–Trinajstić information content (AvgIpc) is 2.78. The molecular formula is C22H37N7O5. The molecule has 12 nitrogen and oxygen atoms in total. The van der Waals surface area contributed by atoms with Crippen molar-refractivity contribution in [3.63, 3.8) is 0 Å². The minimum absolute atomic E-state index is 0.0383. The van der Waals surface area contributed by atoms with E-state index in [9.17, 15) is 24.6 Å². The summed E-state index contributed by atoms with van der Waals surface area (Å²) in [6.45, 7) is 4.01. The highest BCUT2D eigenvalue weighted by atomic mass is 16.4. The van der Waals surface area contributed by atoms with Crippen LogP contribution in [0.3, 0.4) is 0 Å². The van der Waals surface area contributed by atoms with Crippen LogP contribution in [-0.4, -0.2) is 85.6 Å². The van der Waals surface area contributed by atoms with Gasteiger partial charge in [0.25, 0.3) is 0 Å². The van der Waals surface area contributed by atoms with Gasteiger partial charge in [-0.15, -0.1) is 0 Å². The Morgan fingerprint density at radius 2 is 1.62 bits per heavy atom. The summed E-state index contributed by atoms with van der Waals surface area (Å²) in [4.78, 5) is 36.1. The summed E-state index contributed by atoms with van der Waals surface area (Å²) in [5.41, 5.74) is 6.61. The van der Waals surface area contributed by atoms with Crippen LogP contribution in [0.15, 0.2) is 24.3 Å². The number of aliphatic carboxylic acids is 1. The minimum Gasteiger partial charge on any atom is -0.508 e. The zero-order valence-electron chi connectivity index (χ0n) is 19.3. The van der Waals surface area contributed by atoms with Crippen molar-refractivity contribution >= 4 is 17.8 Å². The molecule has 1 fully saturated rings. The van der Waals surface area contributed by atoms with Gasteiger partial charge in [0.2, 0.25) is 11.8 Å². The molecule has 1 aliphatic rings. The van der Waals surface area contributed by atoms with Crippen molar-refractivity contribution in [2.24, 2.45) is 5.73 Å². The number of aromatic hydroxyl groups is 1. The number of carbonyl (C=O) groups excluding carboxylic acids is 2. The largest absolute Gasteiger partial charge is 0.508 e. The van der Waals surface area contributed by atoms with E-state index in [1.165, 1.54) is 12.1 Å². The fraction of sp³-hybridized carbons (Fsp3) is 0.591. The zero-order chi connectivity index (χ0) is 24.8. The normalized spacial score (nSPS) is 20.9. The van der Waals surface area contributed by atoms with Gasteiger partial charge in [-0.05, 0) is 24.1 Å². The van der Waals surface area contributed by atoms with E-state index in [1.54, 1.807) is 12.1 Å². The van der Waals surface area contributed by atoms with Crippen molar-refractivity contribution in [3.05, 3.63) is 29.8 Å². The summed E-state index contributed by atoms with van der Waals surface area (Å²) in [6, 6.07) is 5.05. The molecule has 2 rings (SSSR count). The maximum absolute atomic E-state index is 12.3. The Hall–Kier alpha value is -2.77. The Balaban J connectivity index is 1.71. The zero-order valence-corrected chi connectivity index (χ0v) is 19.3. The molecule has 2 amide bonds. The fourth-order valence-electron chi connectivity index (χ4n) is 3.44. The van der Waals surface area contributed by atoms with Crippen LogP contribution in [0.4, 0.5) is 0 Å². The molecule has 12 heteroatoms. The van der Waals surface area contributed by atoms with E-state index in [0.717, 1.165) is 13.1 Å². The Morgan fingerprint density at radius 3 is 2.32 bits per heavy atom. The van der Waals surface area contributed by atoms with Crippen LogP contribution in [0.2, 0.25) is 0 Å². The highest BCUT2D eigenvalue weighted by Gasteiger charge is 2.20. The highest BCUT2D eigenvalue weighted by Crippen LogP contribution is 2.11. The van der Waals surface area contributed by atoms with E-state index in [0.29, 0.717) is 38.2 Å². The van der Waals surface area contributed by atoms with E-state index in [-0.39, 0.29) is 43.3 Å². The number of nitrogens with two attached hydrogens (primary N) is 1. The van der Waals surface area contributed by atoms with Gasteiger partial charge in [0, 0.05) is 58.5 Å². The SMILES string of the molecule is N[C@H]1CNCCNC[C@@H](NC(=O)CCCC(=O)N[C@@H](Cc2ccc(O)cc2)C(=O)O)NCCN1. The first-order chi connectivity index (χ1) is 16.3. The number of carboxylic acids is 1. The smallest absolute Gasteiger partial charge is 0.326 e. The molecule has 0 radical (unpaired) electrons. The molecule has 1 aromatic carbocycles. The van der Waals surface area contributed by atoms with E-state index in [2.05, 4.69) is 31.9 Å². The number of carbonyl (C=O) groups is 3. The number of carboxylic acid groups (broad SMARTS) is 1. The molecule has 0 saturated carbocycles. The molecule has 0 unspecified atom stereocenters. The van der Waals surface area contributed by atoms with E-state index >= 15 is 0 Å². The van der Waals surface area contributed by atoms with E-state index in [4.69, 9.17) is 5.73 Å². The molecule has 190 valence electrons. The molecule has 0 bridgehead atoms. The van der Waals surface area contributed by atoms with Gasteiger partial charge >= 0.3 is 5.97 Å². The van der Waals surface area contributed by atoms with Crippen molar-refractivity contribution in [2.45, 2.75) is 44.1 Å². The molecule has 0 spiro atoms. The number of benzene rings is 1. The standard InChI is InChI=1S/C22H37N7O5/c23-18-13-24-8-9-25-14-19(27-11-10-26-18)29-21(32)3-1-2-20(31)28-17(22(33)34)12-15-4-6-16(30)7-5-15/h4-7,17-19,24-27,30H,1-3,8-14,23H2,(H,28,31)(H,29,32)(H,33,34)/t17-,18+,19+/m0/s1. The monoisotopic (exact) mass is 479 g/mol. The van der Waals surface area contributed by atoms with Crippen molar-refractivity contribution in [1.29, 1.82) is 0 Å². The molecular weight excluding hydrogens is 442 g/mol. The van der Waals surface area contributed by atoms with Gasteiger partial charge in [-0.3, -0.25) is 20.2 Å². The summed E-state index contributed by atoms with van der Waals surface area (Å²) in [5.74, 6) is -1.69. The number of hydrogen-bond donors (Lipinski definition) is 9. The molecule has 0 aliphatic carbocycles. The molecule has 1 saturated heterocycles. The first kappa shape index (κ1) is 27.5. The van der Waals surface area contributed by atoms with Gasteiger partial charge in [-0.1, -0.05) is 12.1 Å². The van der Waals surface area contributed by atoms with Crippen LogP contribution < -0.4 is 37.6 Å². The third kappa shape index (κ3) is 11.4. The topological polar surface area (TPSA) is 190 Å². The van der Waals surface area contributed by atoms with Gasteiger partial charge < -0.3 is 37.2 Å². The summed E-state index contributed by atoms with van der Waals surface area (Å²) in [5, 5.41) is 37.1. The fourth-order valence-corrected chi connectivity index (χ4v) is 3.44. The number of phenolic OH excluding ortho intramolecular Hbond substituents is 1. The second-order valence-corrected chi connectivity index (χ2v) is 8.23. The summed E-state index contributed by atoms with van der Waals surface area (Å²) in [6.07, 6.45) is 0.173. The maximum Gasteiger partial charge on any atom is 0.326 e. The van der Waals surface area contributed by atoms with Crippen LogP contribution in [0.5, 0.6) is 5.75 Å². The second kappa shape index (κ2) is 15.2. The Kier molecular flexibility index (Phi) is 12.3. The third-order valence-corrected chi connectivity index (χ3v) is 5.27. The van der Waals surface area contributed by atoms with Crippen molar-refractivity contribution < 1.29 is 24.6 Å². The predicted molar refractivity (Wildman–Crippen MR) is 127 cm³/mol. The van der Waals surface area contributed by atoms with Crippen LogP contribution in [0.25, 0.3) is 0 Å². The van der Waals surface area contributed by atoms with E-state index in [1.807, 2.05) is 0 Å². The van der Waals surface area contributed by atoms with Gasteiger partial charge in [-0.25, -0.2) is 4.79 Å². The molecule has 34 heavy (non-hydrogen) atoms. The van der Waals surface area contributed by atoms with Crippen molar-refractivity contribution in [3.8, 4) is 5.75 Å². The second-order valence-electron chi connectivity index (χ2n) is 8.23. The van der Waals surface area contributed by atoms with Gasteiger partial charge in [-0.2, -0.15) is 0 Å². The number of rotatable bonds is 9. The first-order valence-electron chi connectivity index (χ1n) is 11.6. The van der Waals surface area contributed by atoms with Crippen LogP contribution in [-0.2, 0) is 20.8 Å². The first-order valence-corrected chi connectivity index (χ1v) is 11.6. The number of phenols is 1. The molecule has 1 aliphatic heterocycles. The molecule has 3 atom stereocenters. The summed E-state index contributed by atoms with van der Waals surface area (Å²) < 4.78 is 0.